The molecule has 0 saturated heterocycles. The first-order chi connectivity index (χ1) is 6.25. The van der Waals surface area contributed by atoms with Gasteiger partial charge >= 0.3 is 0 Å². The fraction of sp³-hybridized carbons (Fsp3) is 0.625. The molecule has 1 aromatic rings. The van der Waals surface area contributed by atoms with E-state index < -0.39 is 0 Å². The molecule has 0 spiro atoms. The maximum Gasteiger partial charge on any atom is 0.0951 e. The van der Waals surface area contributed by atoms with Gasteiger partial charge < -0.3 is 4.57 Å². The summed E-state index contributed by atoms with van der Waals surface area (Å²) in [6, 6.07) is 0. The van der Waals surface area contributed by atoms with E-state index in [1.807, 2.05) is 20.2 Å². The van der Waals surface area contributed by atoms with Crippen molar-refractivity contribution < 1.29 is 0 Å². The van der Waals surface area contributed by atoms with Gasteiger partial charge in [-0.25, -0.2) is 4.98 Å². The summed E-state index contributed by atoms with van der Waals surface area (Å²) in [4.78, 5) is 6.87. The quantitative estimate of drug-likeness (QED) is 0.302. The minimum Gasteiger partial charge on any atom is -0.335 e. The Morgan fingerprint density at radius 2 is 2.38 bits per heavy atom. The standard InChI is InChI=1S/C8H13N5/c1-7-8(2)13(6-10-7)5-3-4-11-12-9/h6H,3-5H2,1-2H3. The molecule has 0 aliphatic carbocycles. The number of aromatic nitrogens is 2. The molecule has 5 heteroatoms. The normalized spacial score (nSPS) is 9.69. The van der Waals surface area contributed by atoms with E-state index >= 15 is 0 Å². The SMILES string of the molecule is Cc1ncn(CCCN=[N+]=[N-])c1C. The smallest absolute Gasteiger partial charge is 0.0951 e. The third kappa shape index (κ3) is 2.49. The van der Waals surface area contributed by atoms with Gasteiger partial charge in [0.25, 0.3) is 0 Å². The molecule has 0 fully saturated rings. The van der Waals surface area contributed by atoms with Crippen LogP contribution in [0.2, 0.25) is 0 Å². The fourth-order valence-corrected chi connectivity index (χ4v) is 1.13. The molecule has 5 nitrogen and oxygen atoms in total. The second kappa shape index (κ2) is 4.52. The lowest BCUT2D eigenvalue weighted by atomic mass is 10.3. The van der Waals surface area contributed by atoms with E-state index in [-0.39, 0.29) is 0 Å². The summed E-state index contributed by atoms with van der Waals surface area (Å²) < 4.78 is 2.07. The molecule has 0 atom stereocenters. The van der Waals surface area contributed by atoms with Crippen LogP contribution in [0.4, 0.5) is 0 Å². The number of aryl methyl sites for hydroxylation is 2. The van der Waals surface area contributed by atoms with Crippen LogP contribution in [0, 0.1) is 13.8 Å². The van der Waals surface area contributed by atoms with Crippen molar-refractivity contribution in [3.05, 3.63) is 28.2 Å². The maximum absolute atomic E-state index is 8.06. The summed E-state index contributed by atoms with van der Waals surface area (Å²) in [6.45, 7) is 5.44. The van der Waals surface area contributed by atoms with Crippen molar-refractivity contribution in [1.29, 1.82) is 0 Å². The van der Waals surface area contributed by atoms with Gasteiger partial charge in [-0.15, -0.1) is 0 Å². The minimum atomic E-state index is 0.549. The highest BCUT2D eigenvalue weighted by atomic mass is 15.1. The second-order valence-corrected chi connectivity index (χ2v) is 2.92. The molecule has 0 aromatic carbocycles. The van der Waals surface area contributed by atoms with Crippen LogP contribution in [-0.2, 0) is 6.54 Å². The Balaban J connectivity index is 2.45. The van der Waals surface area contributed by atoms with Crippen molar-refractivity contribution in [2.45, 2.75) is 26.8 Å². The number of hydrogen-bond acceptors (Lipinski definition) is 2. The van der Waals surface area contributed by atoms with E-state index in [2.05, 4.69) is 19.6 Å². The Hall–Kier alpha value is -1.48. The topological polar surface area (TPSA) is 66.6 Å². The summed E-state index contributed by atoms with van der Waals surface area (Å²) in [5.41, 5.74) is 10.3. The van der Waals surface area contributed by atoms with Crippen molar-refractivity contribution >= 4 is 0 Å². The van der Waals surface area contributed by atoms with Crippen LogP contribution in [-0.4, -0.2) is 16.1 Å². The molecular weight excluding hydrogens is 166 g/mol. The molecule has 0 N–H and O–H groups in total. The summed E-state index contributed by atoms with van der Waals surface area (Å²) in [6.07, 6.45) is 2.68. The lowest BCUT2D eigenvalue weighted by Gasteiger charge is -2.02. The van der Waals surface area contributed by atoms with Gasteiger partial charge in [-0.1, -0.05) is 5.11 Å². The van der Waals surface area contributed by atoms with Gasteiger partial charge in [0.05, 0.1) is 12.0 Å². The first-order valence-electron chi connectivity index (χ1n) is 4.25. The summed E-state index contributed by atoms with van der Waals surface area (Å²) in [7, 11) is 0. The molecule has 70 valence electrons. The predicted octanol–water partition coefficient (Wildman–Crippen LogP) is 2.20. The van der Waals surface area contributed by atoms with Crippen molar-refractivity contribution in [3.8, 4) is 0 Å². The Kier molecular flexibility index (Phi) is 3.34. The van der Waals surface area contributed by atoms with Crippen LogP contribution in [0.15, 0.2) is 11.4 Å². The predicted molar refractivity (Wildman–Crippen MR) is 50.3 cm³/mol. The number of imidazole rings is 1. The third-order valence-electron chi connectivity index (χ3n) is 2.07. The number of hydrogen-bond donors (Lipinski definition) is 0. The molecule has 0 aliphatic rings. The van der Waals surface area contributed by atoms with Crippen molar-refractivity contribution in [3.63, 3.8) is 0 Å². The first kappa shape index (κ1) is 9.61. The lowest BCUT2D eigenvalue weighted by molar-refractivity contribution is 0.635. The number of rotatable bonds is 4. The van der Waals surface area contributed by atoms with Crippen LogP contribution in [0.5, 0.6) is 0 Å². The molecule has 0 radical (unpaired) electrons. The Labute approximate surface area is 77.0 Å². The Morgan fingerprint density at radius 3 is 2.92 bits per heavy atom. The van der Waals surface area contributed by atoms with Crippen LogP contribution in [0.1, 0.15) is 17.8 Å². The summed E-state index contributed by atoms with van der Waals surface area (Å²) in [5, 5.41) is 3.47. The average molecular weight is 179 g/mol. The molecule has 1 rings (SSSR count). The van der Waals surface area contributed by atoms with Crippen molar-refractivity contribution in [2.75, 3.05) is 6.54 Å². The maximum atomic E-state index is 8.06. The Bertz CT molecular complexity index is 321. The molecule has 0 saturated carbocycles. The largest absolute Gasteiger partial charge is 0.335 e. The van der Waals surface area contributed by atoms with Gasteiger partial charge in [-0.3, -0.25) is 0 Å². The highest BCUT2D eigenvalue weighted by Crippen LogP contribution is 2.04. The van der Waals surface area contributed by atoms with Gasteiger partial charge in [0, 0.05) is 23.7 Å². The molecule has 0 unspecified atom stereocenters. The molecule has 1 aromatic heterocycles. The van der Waals surface area contributed by atoms with E-state index in [9.17, 15) is 0 Å². The van der Waals surface area contributed by atoms with Gasteiger partial charge in [-0.05, 0) is 25.8 Å². The van der Waals surface area contributed by atoms with Crippen LogP contribution >= 0.6 is 0 Å². The van der Waals surface area contributed by atoms with E-state index in [0.29, 0.717) is 6.54 Å². The van der Waals surface area contributed by atoms with Crippen molar-refractivity contribution in [2.24, 2.45) is 5.11 Å². The first-order valence-corrected chi connectivity index (χ1v) is 4.25. The molecular formula is C8H13N5. The van der Waals surface area contributed by atoms with Gasteiger partial charge in [0.1, 0.15) is 0 Å². The Morgan fingerprint density at radius 1 is 1.62 bits per heavy atom. The van der Waals surface area contributed by atoms with Crippen LogP contribution in [0.25, 0.3) is 10.4 Å². The van der Waals surface area contributed by atoms with Crippen LogP contribution < -0.4 is 0 Å². The van der Waals surface area contributed by atoms with Crippen molar-refractivity contribution in [1.82, 2.24) is 9.55 Å². The minimum absolute atomic E-state index is 0.549. The highest BCUT2D eigenvalue weighted by molar-refractivity contribution is 5.08. The monoisotopic (exact) mass is 179 g/mol. The number of nitrogens with zero attached hydrogens (tertiary/aromatic N) is 5. The second-order valence-electron chi connectivity index (χ2n) is 2.92. The van der Waals surface area contributed by atoms with E-state index in [1.54, 1.807) is 0 Å². The molecule has 0 bridgehead atoms. The van der Waals surface area contributed by atoms with E-state index in [4.69, 9.17) is 5.53 Å². The zero-order chi connectivity index (χ0) is 9.68. The fourth-order valence-electron chi connectivity index (χ4n) is 1.13. The average Bonchev–Trinajstić information content (AvgIpc) is 2.43. The number of azide groups is 1. The third-order valence-corrected chi connectivity index (χ3v) is 2.07. The van der Waals surface area contributed by atoms with Gasteiger partial charge in [0.2, 0.25) is 0 Å². The van der Waals surface area contributed by atoms with Gasteiger partial charge in [-0.2, -0.15) is 0 Å². The summed E-state index contributed by atoms with van der Waals surface area (Å²) in [5.74, 6) is 0. The zero-order valence-corrected chi connectivity index (χ0v) is 7.93. The molecule has 0 aliphatic heterocycles. The molecule has 13 heavy (non-hydrogen) atoms. The zero-order valence-electron chi connectivity index (χ0n) is 7.93. The molecule has 0 amide bonds. The highest BCUT2D eigenvalue weighted by Gasteiger charge is 1.99. The van der Waals surface area contributed by atoms with E-state index in [1.165, 1.54) is 5.69 Å². The van der Waals surface area contributed by atoms with E-state index in [0.717, 1.165) is 18.7 Å². The molecule has 1 heterocycles. The van der Waals surface area contributed by atoms with Crippen LogP contribution in [0.3, 0.4) is 0 Å². The van der Waals surface area contributed by atoms with Gasteiger partial charge in [0.15, 0.2) is 0 Å². The summed E-state index contributed by atoms with van der Waals surface area (Å²) >= 11 is 0. The lowest BCUT2D eigenvalue weighted by Crippen LogP contribution is -2.00.